The molecule has 17 heavy (non-hydrogen) atoms. The number of hydrogen-bond donors (Lipinski definition) is 2. The lowest BCUT2D eigenvalue weighted by atomic mass is 10.0. The Kier molecular flexibility index (Phi) is 5.41. The molecule has 1 amide bonds. The molecule has 1 heterocycles. The van der Waals surface area contributed by atoms with E-state index in [-0.39, 0.29) is 30.4 Å². The van der Waals surface area contributed by atoms with Gasteiger partial charge >= 0.3 is 5.97 Å². The standard InChI is InChI=1S/C12H21NO4/c1-3-4-10(6-11(14)15)13-12(16)9-5-8(2)17-7-9/h8-10H,3-7H2,1-2H3,(H,13,16)(H,14,15). The first-order valence-corrected chi connectivity index (χ1v) is 6.16. The quantitative estimate of drug-likeness (QED) is 0.734. The average Bonchev–Trinajstić information content (AvgIpc) is 2.64. The van der Waals surface area contributed by atoms with Crippen LogP contribution in [-0.4, -0.2) is 35.7 Å². The lowest BCUT2D eigenvalue weighted by Crippen LogP contribution is -2.40. The molecule has 0 bridgehead atoms. The predicted octanol–water partition coefficient (Wildman–Crippen LogP) is 1.17. The zero-order valence-corrected chi connectivity index (χ0v) is 10.4. The molecule has 1 fully saturated rings. The second-order valence-corrected chi connectivity index (χ2v) is 4.67. The number of carboxylic acid groups (broad SMARTS) is 1. The molecule has 98 valence electrons. The Labute approximate surface area is 102 Å². The van der Waals surface area contributed by atoms with E-state index in [1.54, 1.807) is 0 Å². The Morgan fingerprint density at radius 1 is 1.53 bits per heavy atom. The maximum atomic E-state index is 11.9. The Bertz CT molecular complexity index is 280. The minimum absolute atomic E-state index is 0.0112. The van der Waals surface area contributed by atoms with Gasteiger partial charge in [-0.25, -0.2) is 0 Å². The Morgan fingerprint density at radius 2 is 2.24 bits per heavy atom. The fourth-order valence-corrected chi connectivity index (χ4v) is 2.10. The van der Waals surface area contributed by atoms with Gasteiger partial charge in [0.15, 0.2) is 0 Å². The summed E-state index contributed by atoms with van der Waals surface area (Å²) in [6.45, 7) is 4.36. The second-order valence-electron chi connectivity index (χ2n) is 4.67. The first-order valence-electron chi connectivity index (χ1n) is 6.16. The molecule has 1 rings (SSSR count). The summed E-state index contributed by atoms with van der Waals surface area (Å²) in [6, 6.07) is -0.263. The third-order valence-electron chi connectivity index (χ3n) is 2.97. The highest BCUT2D eigenvalue weighted by atomic mass is 16.5. The summed E-state index contributed by atoms with van der Waals surface area (Å²) < 4.78 is 5.33. The van der Waals surface area contributed by atoms with Crippen molar-refractivity contribution in [3.63, 3.8) is 0 Å². The summed E-state index contributed by atoms with van der Waals surface area (Å²) in [5.74, 6) is -1.08. The van der Waals surface area contributed by atoms with E-state index in [1.165, 1.54) is 0 Å². The van der Waals surface area contributed by atoms with Crippen molar-refractivity contribution in [1.82, 2.24) is 5.32 Å². The van der Waals surface area contributed by atoms with Crippen molar-refractivity contribution in [2.75, 3.05) is 6.61 Å². The number of hydrogen-bond acceptors (Lipinski definition) is 3. The van der Waals surface area contributed by atoms with Crippen LogP contribution in [0.3, 0.4) is 0 Å². The van der Waals surface area contributed by atoms with Crippen molar-refractivity contribution in [3.05, 3.63) is 0 Å². The summed E-state index contributed by atoms with van der Waals surface area (Å²) in [6.07, 6.45) is 2.38. The van der Waals surface area contributed by atoms with Gasteiger partial charge in [0.2, 0.25) is 5.91 Å². The summed E-state index contributed by atoms with van der Waals surface area (Å²) >= 11 is 0. The van der Waals surface area contributed by atoms with Crippen LogP contribution >= 0.6 is 0 Å². The van der Waals surface area contributed by atoms with Gasteiger partial charge in [-0.1, -0.05) is 13.3 Å². The Hall–Kier alpha value is -1.10. The normalized spacial score (nSPS) is 25.5. The lowest BCUT2D eigenvalue weighted by molar-refractivity contribution is -0.137. The fourth-order valence-electron chi connectivity index (χ4n) is 2.10. The topological polar surface area (TPSA) is 75.6 Å². The van der Waals surface area contributed by atoms with Crippen molar-refractivity contribution in [1.29, 1.82) is 0 Å². The molecule has 5 heteroatoms. The number of carboxylic acids is 1. The van der Waals surface area contributed by atoms with Crippen molar-refractivity contribution in [2.45, 2.75) is 51.7 Å². The molecular weight excluding hydrogens is 222 g/mol. The zero-order valence-electron chi connectivity index (χ0n) is 10.4. The largest absolute Gasteiger partial charge is 0.481 e. The summed E-state index contributed by atoms with van der Waals surface area (Å²) in [5.41, 5.74) is 0. The van der Waals surface area contributed by atoms with E-state index in [0.29, 0.717) is 13.0 Å². The van der Waals surface area contributed by atoms with Gasteiger partial charge in [0.25, 0.3) is 0 Å². The first-order chi connectivity index (χ1) is 8.02. The average molecular weight is 243 g/mol. The van der Waals surface area contributed by atoms with Crippen LogP contribution in [0.15, 0.2) is 0 Å². The van der Waals surface area contributed by atoms with Crippen LogP contribution in [0.4, 0.5) is 0 Å². The van der Waals surface area contributed by atoms with Crippen LogP contribution in [0.1, 0.15) is 39.5 Å². The van der Waals surface area contributed by atoms with Crippen molar-refractivity contribution < 1.29 is 19.4 Å². The van der Waals surface area contributed by atoms with E-state index < -0.39 is 5.97 Å². The first kappa shape index (κ1) is 14.0. The van der Waals surface area contributed by atoms with Gasteiger partial charge < -0.3 is 15.2 Å². The minimum atomic E-state index is -0.875. The zero-order chi connectivity index (χ0) is 12.8. The molecule has 1 saturated heterocycles. The highest BCUT2D eigenvalue weighted by molar-refractivity contribution is 5.80. The van der Waals surface area contributed by atoms with Crippen molar-refractivity contribution >= 4 is 11.9 Å². The molecule has 2 N–H and O–H groups in total. The molecule has 0 aliphatic carbocycles. The van der Waals surface area contributed by atoms with Crippen LogP contribution in [0.2, 0.25) is 0 Å². The molecule has 1 aliphatic heterocycles. The maximum Gasteiger partial charge on any atom is 0.305 e. The van der Waals surface area contributed by atoms with E-state index >= 15 is 0 Å². The van der Waals surface area contributed by atoms with E-state index in [9.17, 15) is 9.59 Å². The number of amides is 1. The Balaban J connectivity index is 2.42. The molecule has 3 unspecified atom stereocenters. The van der Waals surface area contributed by atoms with Crippen LogP contribution in [0.5, 0.6) is 0 Å². The minimum Gasteiger partial charge on any atom is -0.481 e. The highest BCUT2D eigenvalue weighted by Gasteiger charge is 2.29. The van der Waals surface area contributed by atoms with Gasteiger partial charge in [-0.2, -0.15) is 0 Å². The van der Waals surface area contributed by atoms with Crippen LogP contribution < -0.4 is 5.32 Å². The van der Waals surface area contributed by atoms with E-state index in [2.05, 4.69) is 5.32 Å². The summed E-state index contributed by atoms with van der Waals surface area (Å²) in [7, 11) is 0. The molecule has 1 aliphatic rings. The smallest absolute Gasteiger partial charge is 0.305 e. The van der Waals surface area contributed by atoms with Gasteiger partial charge in [0.05, 0.1) is 25.0 Å². The van der Waals surface area contributed by atoms with Gasteiger partial charge in [0.1, 0.15) is 0 Å². The van der Waals surface area contributed by atoms with Gasteiger partial charge in [-0.15, -0.1) is 0 Å². The molecular formula is C12H21NO4. The van der Waals surface area contributed by atoms with Crippen molar-refractivity contribution in [3.8, 4) is 0 Å². The monoisotopic (exact) mass is 243 g/mol. The number of nitrogens with one attached hydrogen (secondary N) is 1. The molecule has 0 spiro atoms. The number of aliphatic carboxylic acids is 1. The molecule has 0 aromatic rings. The number of rotatable bonds is 6. The van der Waals surface area contributed by atoms with E-state index in [0.717, 1.165) is 12.8 Å². The molecule has 5 nitrogen and oxygen atoms in total. The fraction of sp³-hybridized carbons (Fsp3) is 0.833. The molecule has 3 atom stereocenters. The predicted molar refractivity (Wildman–Crippen MR) is 62.6 cm³/mol. The van der Waals surface area contributed by atoms with E-state index in [1.807, 2.05) is 13.8 Å². The van der Waals surface area contributed by atoms with Crippen LogP contribution in [0, 0.1) is 5.92 Å². The molecule has 0 aromatic carbocycles. The second kappa shape index (κ2) is 6.59. The van der Waals surface area contributed by atoms with Gasteiger partial charge in [0, 0.05) is 6.04 Å². The number of carbonyl (C=O) groups excluding carboxylic acids is 1. The third-order valence-corrected chi connectivity index (χ3v) is 2.97. The SMILES string of the molecule is CCCC(CC(=O)O)NC(=O)C1COC(C)C1. The van der Waals surface area contributed by atoms with Crippen LogP contribution in [0.25, 0.3) is 0 Å². The molecule has 0 aromatic heterocycles. The van der Waals surface area contributed by atoms with Crippen LogP contribution in [-0.2, 0) is 14.3 Å². The van der Waals surface area contributed by atoms with Gasteiger partial charge in [-0.05, 0) is 19.8 Å². The van der Waals surface area contributed by atoms with E-state index in [4.69, 9.17) is 9.84 Å². The summed E-state index contributed by atoms with van der Waals surface area (Å²) in [5, 5.41) is 11.6. The number of carbonyl (C=O) groups is 2. The maximum absolute atomic E-state index is 11.9. The molecule has 0 saturated carbocycles. The highest BCUT2D eigenvalue weighted by Crippen LogP contribution is 2.19. The van der Waals surface area contributed by atoms with Gasteiger partial charge in [-0.3, -0.25) is 9.59 Å². The Morgan fingerprint density at radius 3 is 2.71 bits per heavy atom. The summed E-state index contributed by atoms with van der Waals surface area (Å²) in [4.78, 5) is 22.5. The number of ether oxygens (including phenoxy) is 1. The lowest BCUT2D eigenvalue weighted by Gasteiger charge is -2.18. The van der Waals surface area contributed by atoms with Crippen molar-refractivity contribution in [2.24, 2.45) is 5.92 Å². The third kappa shape index (κ3) is 4.73. The molecule has 0 radical (unpaired) electrons.